The van der Waals surface area contributed by atoms with Crippen LogP contribution in [0.4, 0.5) is 4.39 Å². The highest BCUT2D eigenvalue weighted by Gasteiger charge is 2.14. The molecule has 0 amide bonds. The van der Waals surface area contributed by atoms with E-state index in [0.29, 0.717) is 0 Å². The molecule has 1 nitrogen and oxygen atoms in total. The molecule has 0 spiro atoms. The van der Waals surface area contributed by atoms with E-state index in [1.54, 1.807) is 0 Å². The molecule has 3 heteroatoms. The van der Waals surface area contributed by atoms with Crippen LogP contribution in [0.1, 0.15) is 22.3 Å². The lowest BCUT2D eigenvalue weighted by atomic mass is 10.0. The van der Waals surface area contributed by atoms with Gasteiger partial charge >= 0.3 is 0 Å². The van der Waals surface area contributed by atoms with Crippen molar-refractivity contribution >= 4 is 11.8 Å². The highest BCUT2D eigenvalue weighted by Crippen LogP contribution is 2.32. The predicted molar refractivity (Wildman–Crippen MR) is 87.4 cm³/mol. The van der Waals surface area contributed by atoms with Gasteiger partial charge < -0.3 is 5.32 Å². The number of aryl methyl sites for hydroxylation is 1. The van der Waals surface area contributed by atoms with Crippen molar-refractivity contribution in [1.82, 2.24) is 5.32 Å². The summed E-state index contributed by atoms with van der Waals surface area (Å²) in [6.07, 6.45) is 2.21. The van der Waals surface area contributed by atoms with Crippen molar-refractivity contribution in [3.05, 3.63) is 64.5 Å². The van der Waals surface area contributed by atoms with Gasteiger partial charge in [0.05, 0.1) is 0 Å². The van der Waals surface area contributed by atoms with Gasteiger partial charge in [-0.15, -0.1) is 11.8 Å². The molecule has 110 valence electrons. The first-order valence-corrected chi connectivity index (χ1v) is 8.42. The second-order valence-corrected chi connectivity index (χ2v) is 6.50. The summed E-state index contributed by atoms with van der Waals surface area (Å²) in [5, 5.41) is 3.47. The first-order valence-electron chi connectivity index (χ1n) is 7.43. The summed E-state index contributed by atoms with van der Waals surface area (Å²) in [6.45, 7) is 4.31. The quantitative estimate of drug-likeness (QED) is 0.856. The molecule has 0 unspecified atom stereocenters. The van der Waals surface area contributed by atoms with Gasteiger partial charge in [0, 0.05) is 10.6 Å². The summed E-state index contributed by atoms with van der Waals surface area (Å²) in [7, 11) is 0. The van der Waals surface area contributed by atoms with E-state index in [-0.39, 0.29) is 5.82 Å². The minimum Gasteiger partial charge on any atom is -0.316 e. The zero-order valence-electron chi connectivity index (χ0n) is 12.3. The summed E-state index contributed by atoms with van der Waals surface area (Å²) in [5.41, 5.74) is 5.51. The molecule has 1 N–H and O–H groups in total. The van der Waals surface area contributed by atoms with Crippen LogP contribution in [0.3, 0.4) is 0 Å². The number of rotatable bonds is 3. The number of hydrogen-bond acceptors (Lipinski definition) is 2. The van der Waals surface area contributed by atoms with Crippen molar-refractivity contribution in [1.29, 1.82) is 0 Å². The Hall–Kier alpha value is -1.32. The molecule has 2 aromatic rings. The molecule has 3 rings (SSSR count). The van der Waals surface area contributed by atoms with Gasteiger partial charge in [-0.25, -0.2) is 4.39 Å². The van der Waals surface area contributed by atoms with E-state index < -0.39 is 0 Å². The fourth-order valence-corrected chi connectivity index (χ4v) is 4.00. The van der Waals surface area contributed by atoms with E-state index in [0.717, 1.165) is 31.7 Å². The van der Waals surface area contributed by atoms with Crippen LogP contribution >= 0.6 is 11.8 Å². The highest BCUT2D eigenvalue weighted by atomic mass is 32.2. The molecule has 0 aromatic heterocycles. The fourth-order valence-electron chi connectivity index (χ4n) is 2.79. The summed E-state index contributed by atoms with van der Waals surface area (Å²) >= 11 is 1.88. The molecule has 0 saturated heterocycles. The van der Waals surface area contributed by atoms with Gasteiger partial charge in [0.15, 0.2) is 0 Å². The molecule has 1 aliphatic heterocycles. The first kappa shape index (κ1) is 14.6. The number of halogens is 1. The van der Waals surface area contributed by atoms with Crippen molar-refractivity contribution in [3.8, 4) is 0 Å². The largest absolute Gasteiger partial charge is 0.316 e. The molecule has 0 fully saturated rings. The third-order valence-corrected chi connectivity index (χ3v) is 5.31. The Balaban J connectivity index is 1.82. The maximum Gasteiger partial charge on any atom is 0.123 e. The standard InChI is InChI=1S/C18H20FNS/c1-13-2-5-15-8-10-20-11-9-17(15)18(13)21-12-14-3-6-16(19)7-4-14/h2-7,20H,8-12H2,1H3. The lowest BCUT2D eigenvalue weighted by molar-refractivity contribution is 0.627. The number of benzene rings is 2. The summed E-state index contributed by atoms with van der Waals surface area (Å²) in [5.74, 6) is 0.727. The molecule has 0 saturated carbocycles. The van der Waals surface area contributed by atoms with E-state index in [4.69, 9.17) is 0 Å². The van der Waals surface area contributed by atoms with Crippen molar-refractivity contribution in [2.24, 2.45) is 0 Å². The Morgan fingerprint density at radius 2 is 1.81 bits per heavy atom. The third-order valence-electron chi connectivity index (χ3n) is 3.97. The summed E-state index contributed by atoms with van der Waals surface area (Å²) < 4.78 is 13.0. The van der Waals surface area contributed by atoms with Crippen LogP contribution in [0.15, 0.2) is 41.3 Å². The van der Waals surface area contributed by atoms with E-state index >= 15 is 0 Å². The van der Waals surface area contributed by atoms with Gasteiger partial charge in [-0.1, -0.05) is 24.3 Å². The Kier molecular flexibility index (Phi) is 4.61. The molecule has 0 bridgehead atoms. The Bertz CT molecular complexity index is 622. The van der Waals surface area contributed by atoms with Gasteiger partial charge in [-0.05, 0) is 67.2 Å². The van der Waals surface area contributed by atoms with Crippen molar-refractivity contribution < 1.29 is 4.39 Å². The lowest BCUT2D eigenvalue weighted by Crippen LogP contribution is -2.16. The van der Waals surface area contributed by atoms with E-state index in [1.807, 2.05) is 23.9 Å². The summed E-state index contributed by atoms with van der Waals surface area (Å²) in [4.78, 5) is 1.42. The Labute approximate surface area is 130 Å². The van der Waals surface area contributed by atoms with Crippen molar-refractivity contribution in [3.63, 3.8) is 0 Å². The van der Waals surface area contributed by atoms with E-state index in [2.05, 4.69) is 24.4 Å². The molecule has 0 aliphatic carbocycles. The van der Waals surface area contributed by atoms with Crippen molar-refractivity contribution in [2.45, 2.75) is 30.4 Å². The van der Waals surface area contributed by atoms with Gasteiger partial charge in [0.2, 0.25) is 0 Å². The fraction of sp³-hybridized carbons (Fsp3) is 0.333. The zero-order valence-corrected chi connectivity index (χ0v) is 13.1. The zero-order chi connectivity index (χ0) is 14.7. The van der Waals surface area contributed by atoms with Crippen LogP contribution in [-0.2, 0) is 18.6 Å². The van der Waals surface area contributed by atoms with Crippen molar-refractivity contribution in [2.75, 3.05) is 13.1 Å². The third kappa shape index (κ3) is 3.47. The predicted octanol–water partition coefficient (Wildman–Crippen LogP) is 4.11. The van der Waals surface area contributed by atoms with Crippen LogP contribution in [0, 0.1) is 12.7 Å². The number of hydrogen-bond donors (Lipinski definition) is 1. The summed E-state index contributed by atoms with van der Waals surface area (Å²) in [6, 6.07) is 11.3. The molecular formula is C18H20FNS. The molecule has 1 aliphatic rings. The first-order chi connectivity index (χ1) is 10.2. The van der Waals surface area contributed by atoms with Crippen LogP contribution < -0.4 is 5.32 Å². The maximum absolute atomic E-state index is 13.0. The monoisotopic (exact) mass is 301 g/mol. The minimum absolute atomic E-state index is 0.167. The van der Waals surface area contributed by atoms with Crippen LogP contribution in [0.2, 0.25) is 0 Å². The van der Waals surface area contributed by atoms with Gasteiger partial charge in [0.25, 0.3) is 0 Å². The highest BCUT2D eigenvalue weighted by molar-refractivity contribution is 7.98. The Morgan fingerprint density at radius 1 is 1.05 bits per heavy atom. The van der Waals surface area contributed by atoms with Gasteiger partial charge in [-0.2, -0.15) is 0 Å². The van der Waals surface area contributed by atoms with Crippen LogP contribution in [0.5, 0.6) is 0 Å². The second-order valence-electron chi connectivity index (χ2n) is 5.51. The maximum atomic E-state index is 13.0. The van der Waals surface area contributed by atoms with Gasteiger partial charge in [-0.3, -0.25) is 0 Å². The Morgan fingerprint density at radius 3 is 2.62 bits per heavy atom. The normalized spacial score (nSPS) is 14.6. The lowest BCUT2D eigenvalue weighted by Gasteiger charge is -2.15. The molecular weight excluding hydrogens is 281 g/mol. The molecule has 1 heterocycles. The average Bonchev–Trinajstić information content (AvgIpc) is 2.73. The smallest absolute Gasteiger partial charge is 0.123 e. The molecule has 0 atom stereocenters. The molecule has 21 heavy (non-hydrogen) atoms. The average molecular weight is 301 g/mol. The SMILES string of the molecule is Cc1ccc2c(c1SCc1ccc(F)cc1)CCNCC2. The molecule has 2 aromatic carbocycles. The van der Waals surface area contributed by atoms with Crippen LogP contribution in [-0.4, -0.2) is 13.1 Å². The number of fused-ring (bicyclic) bond motifs is 1. The van der Waals surface area contributed by atoms with Gasteiger partial charge in [0.1, 0.15) is 5.82 Å². The number of thioether (sulfide) groups is 1. The minimum atomic E-state index is -0.167. The molecule has 0 radical (unpaired) electrons. The topological polar surface area (TPSA) is 12.0 Å². The van der Waals surface area contributed by atoms with E-state index in [9.17, 15) is 4.39 Å². The van der Waals surface area contributed by atoms with E-state index in [1.165, 1.54) is 39.3 Å². The second kappa shape index (κ2) is 6.63. The van der Waals surface area contributed by atoms with Crippen LogP contribution in [0.25, 0.3) is 0 Å². The number of nitrogens with one attached hydrogen (secondary N) is 1.